The number of hydrogen-bond acceptors (Lipinski definition) is 3. The van der Waals surface area contributed by atoms with Gasteiger partial charge in [-0.05, 0) is 48.6 Å². The molecule has 114 valence electrons. The number of nitrogens with zero attached hydrogens (tertiary/aromatic N) is 1. The van der Waals surface area contributed by atoms with Crippen LogP contribution in [-0.2, 0) is 16.0 Å². The number of anilines is 2. The SMILES string of the molecule is CC(=O)Nc1ccc(N(C(=O)Cc2cccs2)C2CC2)cc1. The molecule has 1 N–H and O–H groups in total. The molecule has 0 saturated heterocycles. The van der Waals surface area contributed by atoms with E-state index in [1.165, 1.54) is 6.92 Å². The van der Waals surface area contributed by atoms with Gasteiger partial charge in [0, 0.05) is 29.2 Å². The fraction of sp³-hybridized carbons (Fsp3) is 0.294. The van der Waals surface area contributed by atoms with Crippen LogP contribution in [0.4, 0.5) is 11.4 Å². The lowest BCUT2D eigenvalue weighted by Crippen LogP contribution is -2.34. The maximum absolute atomic E-state index is 12.6. The van der Waals surface area contributed by atoms with E-state index in [0.29, 0.717) is 12.5 Å². The Kier molecular flexibility index (Phi) is 4.24. The number of thiophene rings is 1. The lowest BCUT2D eigenvalue weighted by atomic mass is 10.2. The molecule has 1 fully saturated rings. The average Bonchev–Trinajstić information content (AvgIpc) is 3.17. The van der Waals surface area contributed by atoms with Crippen molar-refractivity contribution in [2.75, 3.05) is 10.2 Å². The number of amides is 2. The molecule has 1 aromatic carbocycles. The molecule has 0 atom stereocenters. The molecule has 5 heteroatoms. The molecule has 1 heterocycles. The van der Waals surface area contributed by atoms with Gasteiger partial charge in [0.05, 0.1) is 6.42 Å². The molecule has 1 aliphatic rings. The van der Waals surface area contributed by atoms with Gasteiger partial charge < -0.3 is 10.2 Å². The highest BCUT2D eigenvalue weighted by atomic mass is 32.1. The van der Waals surface area contributed by atoms with E-state index in [9.17, 15) is 9.59 Å². The van der Waals surface area contributed by atoms with E-state index in [-0.39, 0.29) is 11.8 Å². The zero-order chi connectivity index (χ0) is 15.5. The summed E-state index contributed by atoms with van der Waals surface area (Å²) in [5, 5.41) is 4.73. The average molecular weight is 314 g/mol. The van der Waals surface area contributed by atoms with Gasteiger partial charge in [0.1, 0.15) is 0 Å². The van der Waals surface area contributed by atoms with Crippen molar-refractivity contribution in [1.82, 2.24) is 0 Å². The fourth-order valence-corrected chi connectivity index (χ4v) is 3.14. The van der Waals surface area contributed by atoms with E-state index >= 15 is 0 Å². The van der Waals surface area contributed by atoms with Crippen molar-refractivity contribution < 1.29 is 9.59 Å². The number of nitrogens with one attached hydrogen (secondary N) is 1. The first kappa shape index (κ1) is 14.8. The van der Waals surface area contributed by atoms with E-state index in [2.05, 4.69) is 5.32 Å². The molecule has 1 aliphatic carbocycles. The van der Waals surface area contributed by atoms with E-state index in [0.717, 1.165) is 29.1 Å². The molecule has 4 nitrogen and oxygen atoms in total. The summed E-state index contributed by atoms with van der Waals surface area (Å²) in [5.74, 6) is 0.0396. The molecule has 1 aromatic heterocycles. The molecular weight excluding hydrogens is 296 g/mol. The van der Waals surface area contributed by atoms with Crippen molar-refractivity contribution in [3.05, 3.63) is 46.7 Å². The Bertz CT molecular complexity index is 660. The van der Waals surface area contributed by atoms with Gasteiger partial charge in [-0.15, -0.1) is 11.3 Å². The van der Waals surface area contributed by atoms with Crippen LogP contribution in [0.2, 0.25) is 0 Å². The second kappa shape index (κ2) is 6.32. The highest BCUT2D eigenvalue weighted by molar-refractivity contribution is 7.10. The van der Waals surface area contributed by atoms with Crippen molar-refractivity contribution >= 4 is 34.5 Å². The Morgan fingerprint density at radius 3 is 2.50 bits per heavy atom. The maximum atomic E-state index is 12.6. The summed E-state index contributed by atoms with van der Waals surface area (Å²) in [5.41, 5.74) is 1.65. The van der Waals surface area contributed by atoms with Gasteiger partial charge in [-0.25, -0.2) is 0 Å². The summed E-state index contributed by atoms with van der Waals surface area (Å²) >= 11 is 1.61. The van der Waals surface area contributed by atoms with Crippen LogP contribution in [0.1, 0.15) is 24.6 Å². The summed E-state index contributed by atoms with van der Waals surface area (Å²) in [6, 6.07) is 11.8. The molecule has 0 aliphatic heterocycles. The molecule has 0 unspecified atom stereocenters. The van der Waals surface area contributed by atoms with Gasteiger partial charge in [0.25, 0.3) is 0 Å². The standard InChI is InChI=1S/C17H18N2O2S/c1-12(20)18-13-4-6-14(7-5-13)19(15-8-9-15)17(21)11-16-3-2-10-22-16/h2-7,10,15H,8-9,11H2,1H3,(H,18,20). The lowest BCUT2D eigenvalue weighted by Gasteiger charge is -2.22. The summed E-state index contributed by atoms with van der Waals surface area (Å²) in [6.45, 7) is 1.48. The predicted molar refractivity (Wildman–Crippen MR) is 89.3 cm³/mol. The van der Waals surface area contributed by atoms with Crippen molar-refractivity contribution in [3.63, 3.8) is 0 Å². The van der Waals surface area contributed by atoms with Crippen LogP contribution >= 0.6 is 11.3 Å². The quantitative estimate of drug-likeness (QED) is 0.919. The minimum absolute atomic E-state index is 0.0967. The van der Waals surface area contributed by atoms with Gasteiger partial charge in [0.15, 0.2) is 0 Å². The normalized spacial score (nSPS) is 13.7. The van der Waals surface area contributed by atoms with Crippen molar-refractivity contribution in [2.45, 2.75) is 32.2 Å². The second-order valence-corrected chi connectivity index (χ2v) is 6.51. The van der Waals surface area contributed by atoms with Gasteiger partial charge in [-0.2, -0.15) is 0 Å². The third-order valence-electron chi connectivity index (χ3n) is 3.55. The van der Waals surface area contributed by atoms with Crippen LogP contribution in [0.5, 0.6) is 0 Å². The molecule has 3 rings (SSSR count). The summed E-state index contributed by atoms with van der Waals surface area (Å²) < 4.78 is 0. The Balaban J connectivity index is 1.76. The van der Waals surface area contributed by atoms with E-state index < -0.39 is 0 Å². The zero-order valence-corrected chi connectivity index (χ0v) is 13.2. The highest BCUT2D eigenvalue weighted by Gasteiger charge is 2.33. The molecule has 0 bridgehead atoms. The monoisotopic (exact) mass is 314 g/mol. The predicted octanol–water partition coefficient (Wildman–Crippen LogP) is 3.44. The van der Waals surface area contributed by atoms with Crippen LogP contribution in [0.3, 0.4) is 0 Å². The molecule has 0 radical (unpaired) electrons. The lowest BCUT2D eigenvalue weighted by molar-refractivity contribution is -0.118. The zero-order valence-electron chi connectivity index (χ0n) is 12.4. The molecule has 2 amide bonds. The van der Waals surface area contributed by atoms with Crippen LogP contribution in [0, 0.1) is 0 Å². The van der Waals surface area contributed by atoms with Crippen molar-refractivity contribution in [3.8, 4) is 0 Å². The van der Waals surface area contributed by atoms with Gasteiger partial charge >= 0.3 is 0 Å². The van der Waals surface area contributed by atoms with Gasteiger partial charge in [-0.3, -0.25) is 9.59 Å². The Morgan fingerprint density at radius 1 is 1.23 bits per heavy atom. The first-order valence-electron chi connectivity index (χ1n) is 7.35. The molecule has 22 heavy (non-hydrogen) atoms. The minimum Gasteiger partial charge on any atom is -0.326 e. The highest BCUT2D eigenvalue weighted by Crippen LogP contribution is 2.33. The summed E-state index contributed by atoms with van der Waals surface area (Å²) in [4.78, 5) is 26.7. The summed E-state index contributed by atoms with van der Waals surface area (Å²) in [6.07, 6.45) is 2.56. The van der Waals surface area contributed by atoms with E-state index in [1.54, 1.807) is 11.3 Å². The first-order chi connectivity index (χ1) is 10.6. The molecule has 2 aromatic rings. The maximum Gasteiger partial charge on any atom is 0.232 e. The minimum atomic E-state index is -0.0967. The van der Waals surface area contributed by atoms with Crippen LogP contribution in [0.15, 0.2) is 41.8 Å². The van der Waals surface area contributed by atoms with Crippen LogP contribution in [0.25, 0.3) is 0 Å². The topological polar surface area (TPSA) is 49.4 Å². The van der Waals surface area contributed by atoms with E-state index in [4.69, 9.17) is 0 Å². The van der Waals surface area contributed by atoms with Crippen LogP contribution < -0.4 is 10.2 Å². The van der Waals surface area contributed by atoms with Gasteiger partial charge in [0.2, 0.25) is 11.8 Å². The first-order valence-corrected chi connectivity index (χ1v) is 8.23. The third kappa shape index (κ3) is 3.54. The molecule has 1 saturated carbocycles. The number of hydrogen-bond donors (Lipinski definition) is 1. The second-order valence-electron chi connectivity index (χ2n) is 5.48. The number of carbonyl (C=O) groups is 2. The number of rotatable bonds is 5. The third-order valence-corrected chi connectivity index (χ3v) is 4.43. The smallest absolute Gasteiger partial charge is 0.232 e. The molecular formula is C17H18N2O2S. The summed E-state index contributed by atoms with van der Waals surface area (Å²) in [7, 11) is 0. The number of benzene rings is 1. The van der Waals surface area contributed by atoms with E-state index in [1.807, 2.05) is 46.7 Å². The molecule has 0 spiro atoms. The Hall–Kier alpha value is -2.14. The number of carbonyl (C=O) groups excluding carboxylic acids is 2. The fourth-order valence-electron chi connectivity index (χ4n) is 2.45. The largest absolute Gasteiger partial charge is 0.326 e. The van der Waals surface area contributed by atoms with Crippen molar-refractivity contribution in [1.29, 1.82) is 0 Å². The van der Waals surface area contributed by atoms with Crippen LogP contribution in [-0.4, -0.2) is 17.9 Å². The van der Waals surface area contributed by atoms with Crippen molar-refractivity contribution in [2.24, 2.45) is 0 Å². The van der Waals surface area contributed by atoms with Gasteiger partial charge in [-0.1, -0.05) is 6.07 Å². The Morgan fingerprint density at radius 2 is 1.95 bits per heavy atom. The Labute approximate surface area is 133 Å².